The minimum absolute atomic E-state index is 0.0923. The molecular weight excluding hydrogens is 282 g/mol. The quantitative estimate of drug-likeness (QED) is 0.426. The van der Waals surface area contributed by atoms with Crippen molar-refractivity contribution < 1.29 is 13.3 Å². The Morgan fingerprint density at radius 2 is 1.95 bits per heavy atom. The van der Waals surface area contributed by atoms with Gasteiger partial charge in [0.1, 0.15) is 0 Å². The van der Waals surface area contributed by atoms with Gasteiger partial charge in [0, 0.05) is 24.7 Å². The van der Waals surface area contributed by atoms with Crippen molar-refractivity contribution in [2.75, 3.05) is 19.6 Å². The van der Waals surface area contributed by atoms with Gasteiger partial charge in [0.25, 0.3) is 5.69 Å². The highest BCUT2D eigenvalue weighted by Gasteiger charge is 2.19. The molecule has 0 aromatic heterocycles. The topological polar surface area (TPSA) is 101 Å². The monoisotopic (exact) mass is 301 g/mol. The number of rotatable bonds is 8. The van der Waals surface area contributed by atoms with Gasteiger partial charge in [-0.2, -0.15) is 0 Å². The van der Waals surface area contributed by atoms with Crippen molar-refractivity contribution in [3.63, 3.8) is 0 Å². The van der Waals surface area contributed by atoms with E-state index in [-0.39, 0.29) is 17.1 Å². The fraction of sp³-hybridized carbons (Fsp3) is 0.500. The zero-order valence-electron chi connectivity index (χ0n) is 11.5. The Bertz CT molecular complexity index is 572. The van der Waals surface area contributed by atoms with Crippen LogP contribution in [0.2, 0.25) is 0 Å². The largest absolute Gasteiger partial charge is 0.315 e. The molecule has 7 nitrogen and oxygen atoms in total. The highest BCUT2D eigenvalue weighted by molar-refractivity contribution is 7.89. The third-order valence-corrected chi connectivity index (χ3v) is 4.17. The minimum Gasteiger partial charge on any atom is -0.315 e. The molecule has 0 saturated heterocycles. The number of nitrogens with zero attached hydrogens (tertiary/aromatic N) is 1. The molecule has 0 atom stereocenters. The molecule has 0 aliphatic heterocycles. The second kappa shape index (κ2) is 7.32. The normalized spacial score (nSPS) is 11.5. The van der Waals surface area contributed by atoms with Crippen LogP contribution >= 0.6 is 0 Å². The fourth-order valence-electron chi connectivity index (χ4n) is 1.61. The summed E-state index contributed by atoms with van der Waals surface area (Å²) in [5.41, 5.74) is 0.232. The van der Waals surface area contributed by atoms with Gasteiger partial charge in [-0.3, -0.25) is 10.1 Å². The van der Waals surface area contributed by atoms with Crippen molar-refractivity contribution in [3.8, 4) is 0 Å². The molecule has 0 heterocycles. The zero-order valence-corrected chi connectivity index (χ0v) is 12.4. The number of sulfonamides is 1. The van der Waals surface area contributed by atoms with E-state index in [0.717, 1.165) is 19.0 Å². The molecule has 0 saturated carbocycles. The molecule has 0 bridgehead atoms. The lowest BCUT2D eigenvalue weighted by Gasteiger charge is -2.08. The van der Waals surface area contributed by atoms with E-state index in [2.05, 4.69) is 10.0 Å². The van der Waals surface area contributed by atoms with E-state index in [0.29, 0.717) is 12.1 Å². The lowest BCUT2D eigenvalue weighted by Crippen LogP contribution is -2.32. The van der Waals surface area contributed by atoms with E-state index in [1.165, 1.54) is 12.1 Å². The van der Waals surface area contributed by atoms with Gasteiger partial charge in [-0.15, -0.1) is 0 Å². The fourth-order valence-corrected chi connectivity index (χ4v) is 2.66. The maximum absolute atomic E-state index is 12.0. The Labute approximate surface area is 118 Å². The SMILES string of the molecule is CCCNCCNS(=O)(=O)c1ccc(C)c([N+](=O)[O-])c1. The molecule has 0 aliphatic carbocycles. The summed E-state index contributed by atoms with van der Waals surface area (Å²) in [5, 5.41) is 13.9. The van der Waals surface area contributed by atoms with Crippen molar-refractivity contribution in [3.05, 3.63) is 33.9 Å². The van der Waals surface area contributed by atoms with Crippen molar-refractivity contribution in [2.45, 2.75) is 25.2 Å². The highest BCUT2D eigenvalue weighted by atomic mass is 32.2. The third kappa shape index (κ3) is 4.55. The lowest BCUT2D eigenvalue weighted by atomic mass is 10.2. The molecule has 0 amide bonds. The second-order valence-electron chi connectivity index (χ2n) is 4.35. The molecule has 0 aliphatic rings. The molecule has 8 heteroatoms. The standard InChI is InChI=1S/C12H19N3O4S/c1-3-6-13-7-8-14-20(18,19)11-5-4-10(2)12(9-11)15(16)17/h4-5,9,13-14H,3,6-8H2,1-2H3. The van der Waals surface area contributed by atoms with E-state index in [1.807, 2.05) is 6.92 Å². The third-order valence-electron chi connectivity index (χ3n) is 2.71. The Morgan fingerprint density at radius 3 is 2.55 bits per heavy atom. The summed E-state index contributed by atoms with van der Waals surface area (Å²) in [6.07, 6.45) is 0.969. The summed E-state index contributed by atoms with van der Waals surface area (Å²) in [5.74, 6) is 0. The Morgan fingerprint density at radius 1 is 1.25 bits per heavy atom. The number of hydrogen-bond acceptors (Lipinski definition) is 5. The van der Waals surface area contributed by atoms with Gasteiger partial charge in [-0.1, -0.05) is 13.0 Å². The van der Waals surface area contributed by atoms with Crippen LogP contribution in [0, 0.1) is 17.0 Å². The van der Waals surface area contributed by atoms with Crippen LogP contribution in [0.4, 0.5) is 5.69 Å². The van der Waals surface area contributed by atoms with Crippen LogP contribution < -0.4 is 10.0 Å². The minimum atomic E-state index is -3.71. The van der Waals surface area contributed by atoms with Gasteiger partial charge in [0.05, 0.1) is 9.82 Å². The zero-order chi connectivity index (χ0) is 15.2. The summed E-state index contributed by atoms with van der Waals surface area (Å²) in [6.45, 7) is 5.15. The predicted octanol–water partition coefficient (Wildman–Crippen LogP) is 1.18. The molecule has 1 aromatic carbocycles. The number of aryl methyl sites for hydroxylation is 1. The molecule has 1 rings (SSSR count). The van der Waals surface area contributed by atoms with Gasteiger partial charge >= 0.3 is 0 Å². The average Bonchev–Trinajstić information content (AvgIpc) is 2.38. The number of nitro benzene ring substituents is 1. The summed E-state index contributed by atoms with van der Waals surface area (Å²) in [7, 11) is -3.71. The van der Waals surface area contributed by atoms with Gasteiger partial charge < -0.3 is 5.32 Å². The molecule has 0 fully saturated rings. The number of benzene rings is 1. The molecule has 0 unspecified atom stereocenters. The van der Waals surface area contributed by atoms with Crippen LogP contribution in [-0.2, 0) is 10.0 Å². The van der Waals surface area contributed by atoms with Crippen LogP contribution in [0.1, 0.15) is 18.9 Å². The van der Waals surface area contributed by atoms with Crippen molar-refractivity contribution >= 4 is 15.7 Å². The van der Waals surface area contributed by atoms with E-state index < -0.39 is 14.9 Å². The maximum Gasteiger partial charge on any atom is 0.273 e. The van der Waals surface area contributed by atoms with Crippen molar-refractivity contribution in [2.24, 2.45) is 0 Å². The van der Waals surface area contributed by atoms with Crippen LogP contribution in [0.5, 0.6) is 0 Å². The predicted molar refractivity (Wildman–Crippen MR) is 76.2 cm³/mol. The molecule has 1 aromatic rings. The molecule has 112 valence electrons. The van der Waals surface area contributed by atoms with Gasteiger partial charge in [-0.25, -0.2) is 13.1 Å². The lowest BCUT2D eigenvalue weighted by molar-refractivity contribution is -0.385. The first-order valence-corrected chi connectivity index (χ1v) is 7.82. The number of hydrogen-bond donors (Lipinski definition) is 2. The van der Waals surface area contributed by atoms with Gasteiger partial charge in [0.2, 0.25) is 10.0 Å². The second-order valence-corrected chi connectivity index (χ2v) is 6.12. The number of nitro groups is 1. The van der Waals surface area contributed by atoms with Crippen molar-refractivity contribution in [1.82, 2.24) is 10.0 Å². The summed E-state index contributed by atoms with van der Waals surface area (Å²) < 4.78 is 26.4. The Balaban J connectivity index is 2.77. The summed E-state index contributed by atoms with van der Waals surface area (Å²) >= 11 is 0. The molecular formula is C12H19N3O4S. The first kappa shape index (κ1) is 16.5. The Kier molecular flexibility index (Phi) is 6.05. The van der Waals surface area contributed by atoms with Gasteiger partial charge in [0.15, 0.2) is 0 Å². The molecule has 0 radical (unpaired) electrons. The van der Waals surface area contributed by atoms with Crippen LogP contribution in [0.25, 0.3) is 0 Å². The molecule has 0 spiro atoms. The van der Waals surface area contributed by atoms with Crippen LogP contribution in [0.15, 0.2) is 23.1 Å². The summed E-state index contributed by atoms with van der Waals surface area (Å²) in [4.78, 5) is 10.1. The maximum atomic E-state index is 12.0. The number of nitrogens with one attached hydrogen (secondary N) is 2. The van der Waals surface area contributed by atoms with E-state index in [9.17, 15) is 18.5 Å². The van der Waals surface area contributed by atoms with Crippen LogP contribution in [-0.4, -0.2) is 33.0 Å². The Hall–Kier alpha value is -1.51. The summed E-state index contributed by atoms with van der Waals surface area (Å²) in [6, 6.07) is 3.88. The highest BCUT2D eigenvalue weighted by Crippen LogP contribution is 2.21. The first-order valence-electron chi connectivity index (χ1n) is 6.34. The van der Waals surface area contributed by atoms with E-state index in [1.54, 1.807) is 6.92 Å². The van der Waals surface area contributed by atoms with Crippen molar-refractivity contribution in [1.29, 1.82) is 0 Å². The average molecular weight is 301 g/mol. The van der Waals surface area contributed by atoms with Crippen LogP contribution in [0.3, 0.4) is 0 Å². The van der Waals surface area contributed by atoms with E-state index in [4.69, 9.17) is 0 Å². The molecule has 20 heavy (non-hydrogen) atoms. The van der Waals surface area contributed by atoms with Gasteiger partial charge in [-0.05, 0) is 26.0 Å². The smallest absolute Gasteiger partial charge is 0.273 e. The first-order chi connectivity index (χ1) is 9.38. The van der Waals surface area contributed by atoms with E-state index >= 15 is 0 Å². The molecule has 2 N–H and O–H groups in total.